The van der Waals surface area contributed by atoms with Crippen molar-refractivity contribution in [3.05, 3.63) is 23.8 Å². The molecule has 0 radical (unpaired) electrons. The number of hydrogen-bond acceptors (Lipinski definition) is 0. The first-order valence-corrected chi connectivity index (χ1v) is 5.10. The largest absolute Gasteiger partial charge is 0.0809 e. The summed E-state index contributed by atoms with van der Waals surface area (Å²) >= 11 is 0. The van der Waals surface area contributed by atoms with Gasteiger partial charge in [0.2, 0.25) is 0 Å². The van der Waals surface area contributed by atoms with E-state index in [0.717, 1.165) is 11.8 Å². The van der Waals surface area contributed by atoms with Crippen LogP contribution in [0.3, 0.4) is 0 Å². The van der Waals surface area contributed by atoms with Gasteiger partial charge in [0.25, 0.3) is 0 Å². The summed E-state index contributed by atoms with van der Waals surface area (Å²) in [6.45, 7) is 6.78. The van der Waals surface area contributed by atoms with E-state index in [0.29, 0.717) is 0 Å². The highest BCUT2D eigenvalue weighted by Gasteiger charge is 2.14. The van der Waals surface area contributed by atoms with Crippen molar-refractivity contribution in [2.45, 2.75) is 40.0 Å². The molecular weight excluding hydrogens is 144 g/mol. The van der Waals surface area contributed by atoms with Gasteiger partial charge < -0.3 is 0 Å². The van der Waals surface area contributed by atoms with Crippen LogP contribution in [0.15, 0.2) is 23.8 Å². The van der Waals surface area contributed by atoms with Gasteiger partial charge in [0.15, 0.2) is 0 Å². The van der Waals surface area contributed by atoms with Gasteiger partial charge in [-0.05, 0) is 25.2 Å². The van der Waals surface area contributed by atoms with Crippen molar-refractivity contribution in [2.75, 3.05) is 0 Å². The maximum absolute atomic E-state index is 2.43. The standard InChI is InChI=1S/C12H20/c1-4-5-6-12-9-10(2)7-8-11(12)3/h7-9,11-12H,4-6H2,1-3H3. The van der Waals surface area contributed by atoms with Crippen LogP contribution < -0.4 is 0 Å². The molecule has 0 amide bonds. The molecule has 0 fully saturated rings. The molecule has 0 aromatic rings. The number of allylic oxidation sites excluding steroid dienone is 4. The number of rotatable bonds is 3. The fraction of sp³-hybridized carbons (Fsp3) is 0.667. The Morgan fingerprint density at radius 3 is 2.83 bits per heavy atom. The van der Waals surface area contributed by atoms with Crippen molar-refractivity contribution in [2.24, 2.45) is 11.8 Å². The third kappa shape index (κ3) is 2.51. The summed E-state index contributed by atoms with van der Waals surface area (Å²) in [5, 5.41) is 0. The predicted molar refractivity (Wildman–Crippen MR) is 55.1 cm³/mol. The number of hydrogen-bond donors (Lipinski definition) is 0. The van der Waals surface area contributed by atoms with Crippen molar-refractivity contribution < 1.29 is 0 Å². The minimum Gasteiger partial charge on any atom is -0.0809 e. The number of unbranched alkanes of at least 4 members (excludes halogenated alkanes) is 1. The van der Waals surface area contributed by atoms with E-state index in [1.165, 1.54) is 24.8 Å². The van der Waals surface area contributed by atoms with Gasteiger partial charge in [-0.1, -0.05) is 50.5 Å². The second-order valence-corrected chi connectivity index (χ2v) is 3.94. The van der Waals surface area contributed by atoms with E-state index in [2.05, 4.69) is 39.0 Å². The molecule has 0 saturated carbocycles. The van der Waals surface area contributed by atoms with Gasteiger partial charge in [-0.2, -0.15) is 0 Å². The Bertz CT molecular complexity index is 186. The Morgan fingerprint density at radius 2 is 2.17 bits per heavy atom. The molecular formula is C12H20. The second kappa shape index (κ2) is 4.49. The summed E-state index contributed by atoms with van der Waals surface area (Å²) in [5.41, 5.74) is 1.44. The van der Waals surface area contributed by atoms with Gasteiger partial charge in [-0.3, -0.25) is 0 Å². The average Bonchev–Trinajstić information content (AvgIpc) is 2.07. The zero-order valence-electron chi connectivity index (χ0n) is 8.51. The normalized spacial score (nSPS) is 28.8. The van der Waals surface area contributed by atoms with Crippen LogP contribution in [0.25, 0.3) is 0 Å². The van der Waals surface area contributed by atoms with Crippen LogP contribution in [0, 0.1) is 11.8 Å². The second-order valence-electron chi connectivity index (χ2n) is 3.94. The fourth-order valence-corrected chi connectivity index (χ4v) is 1.78. The summed E-state index contributed by atoms with van der Waals surface area (Å²) in [5.74, 6) is 1.55. The van der Waals surface area contributed by atoms with Gasteiger partial charge in [-0.25, -0.2) is 0 Å². The van der Waals surface area contributed by atoms with Crippen LogP contribution in [-0.4, -0.2) is 0 Å². The van der Waals surface area contributed by atoms with E-state index in [9.17, 15) is 0 Å². The molecule has 0 bridgehead atoms. The molecule has 0 aromatic carbocycles. The Hall–Kier alpha value is -0.520. The lowest BCUT2D eigenvalue weighted by molar-refractivity contribution is 0.451. The third-order valence-electron chi connectivity index (χ3n) is 2.71. The molecule has 0 spiro atoms. The summed E-state index contributed by atoms with van der Waals surface area (Å²) in [6, 6.07) is 0. The van der Waals surface area contributed by atoms with E-state index in [1.807, 2.05) is 0 Å². The third-order valence-corrected chi connectivity index (χ3v) is 2.71. The Morgan fingerprint density at radius 1 is 1.42 bits per heavy atom. The highest BCUT2D eigenvalue weighted by Crippen LogP contribution is 2.26. The first kappa shape index (κ1) is 9.57. The van der Waals surface area contributed by atoms with Gasteiger partial charge in [-0.15, -0.1) is 0 Å². The molecule has 12 heavy (non-hydrogen) atoms. The maximum Gasteiger partial charge on any atom is -0.0167 e. The summed E-state index contributed by atoms with van der Waals surface area (Å²) in [4.78, 5) is 0. The summed E-state index contributed by atoms with van der Waals surface area (Å²) < 4.78 is 0. The van der Waals surface area contributed by atoms with Crippen LogP contribution in [0.4, 0.5) is 0 Å². The minimum atomic E-state index is 0.750. The molecule has 0 heterocycles. The zero-order chi connectivity index (χ0) is 8.97. The molecule has 2 atom stereocenters. The van der Waals surface area contributed by atoms with E-state index in [1.54, 1.807) is 0 Å². The summed E-state index contributed by atoms with van der Waals surface area (Å²) in [6.07, 6.45) is 11.1. The van der Waals surface area contributed by atoms with Crippen molar-refractivity contribution in [1.82, 2.24) is 0 Å². The van der Waals surface area contributed by atoms with E-state index >= 15 is 0 Å². The molecule has 1 aliphatic carbocycles. The van der Waals surface area contributed by atoms with Crippen molar-refractivity contribution >= 4 is 0 Å². The monoisotopic (exact) mass is 164 g/mol. The highest BCUT2D eigenvalue weighted by atomic mass is 14.2. The van der Waals surface area contributed by atoms with Crippen LogP contribution in [0.2, 0.25) is 0 Å². The lowest BCUT2D eigenvalue weighted by Gasteiger charge is -2.21. The van der Waals surface area contributed by atoms with Crippen molar-refractivity contribution in [1.29, 1.82) is 0 Å². The average molecular weight is 164 g/mol. The van der Waals surface area contributed by atoms with Crippen LogP contribution >= 0.6 is 0 Å². The van der Waals surface area contributed by atoms with Crippen LogP contribution in [0.5, 0.6) is 0 Å². The van der Waals surface area contributed by atoms with Gasteiger partial charge in [0.1, 0.15) is 0 Å². The Labute approximate surface area is 76.4 Å². The van der Waals surface area contributed by atoms with Crippen molar-refractivity contribution in [3.63, 3.8) is 0 Å². The smallest absolute Gasteiger partial charge is 0.0167 e. The van der Waals surface area contributed by atoms with Gasteiger partial charge >= 0.3 is 0 Å². The maximum atomic E-state index is 2.43. The Kier molecular flexibility index (Phi) is 3.58. The van der Waals surface area contributed by atoms with Gasteiger partial charge in [0, 0.05) is 0 Å². The molecule has 68 valence electrons. The Balaban J connectivity index is 2.47. The first-order valence-electron chi connectivity index (χ1n) is 5.10. The fourth-order valence-electron chi connectivity index (χ4n) is 1.78. The van der Waals surface area contributed by atoms with Crippen LogP contribution in [-0.2, 0) is 0 Å². The quantitative estimate of drug-likeness (QED) is 0.592. The molecule has 1 aliphatic rings. The lowest BCUT2D eigenvalue weighted by atomic mass is 9.84. The topological polar surface area (TPSA) is 0 Å². The highest BCUT2D eigenvalue weighted by molar-refractivity contribution is 5.23. The predicted octanol–water partition coefficient (Wildman–Crippen LogP) is 3.95. The molecule has 0 heteroatoms. The van der Waals surface area contributed by atoms with Crippen LogP contribution in [0.1, 0.15) is 40.0 Å². The van der Waals surface area contributed by atoms with E-state index < -0.39 is 0 Å². The molecule has 0 saturated heterocycles. The molecule has 2 unspecified atom stereocenters. The van der Waals surface area contributed by atoms with E-state index in [-0.39, 0.29) is 0 Å². The first-order chi connectivity index (χ1) is 5.74. The molecule has 0 nitrogen and oxygen atoms in total. The minimum absolute atomic E-state index is 0.750. The molecule has 1 rings (SSSR count). The molecule has 0 aliphatic heterocycles. The van der Waals surface area contributed by atoms with Crippen molar-refractivity contribution in [3.8, 4) is 0 Å². The molecule has 0 N–H and O–H groups in total. The van der Waals surface area contributed by atoms with Gasteiger partial charge in [0.05, 0.1) is 0 Å². The zero-order valence-corrected chi connectivity index (χ0v) is 8.51. The molecule has 0 aromatic heterocycles. The SMILES string of the molecule is CCCCC1C=C(C)C=CC1C. The lowest BCUT2D eigenvalue weighted by Crippen LogP contribution is -2.10. The van der Waals surface area contributed by atoms with E-state index in [4.69, 9.17) is 0 Å². The summed E-state index contributed by atoms with van der Waals surface area (Å²) in [7, 11) is 0.